The smallest absolute Gasteiger partial charge is 0.0964 e. The Balaban J connectivity index is 1.81. The highest BCUT2D eigenvalue weighted by atomic mass is 15.2. The lowest BCUT2D eigenvalue weighted by molar-refractivity contribution is 0.586. The van der Waals surface area contributed by atoms with Crippen LogP contribution < -0.4 is 11.5 Å². The molecular weight excluding hydrogens is 320 g/mol. The van der Waals surface area contributed by atoms with Crippen LogP contribution in [0, 0.1) is 5.92 Å². The van der Waals surface area contributed by atoms with E-state index in [0.717, 1.165) is 46.8 Å². The van der Waals surface area contributed by atoms with Gasteiger partial charge in [-0.3, -0.25) is 0 Å². The van der Waals surface area contributed by atoms with Gasteiger partial charge < -0.3 is 11.5 Å². The number of rotatable bonds is 2. The summed E-state index contributed by atoms with van der Waals surface area (Å²) in [6.07, 6.45) is 8.27. The molecule has 0 saturated heterocycles. The SMILES string of the molecule is Nc1ccc(C2=NN=C(c3ccc(N)cc3)C3CCCCCC=C23)cc1. The summed E-state index contributed by atoms with van der Waals surface area (Å²) in [4.78, 5) is 0. The van der Waals surface area contributed by atoms with E-state index in [1.165, 1.54) is 24.8 Å². The zero-order chi connectivity index (χ0) is 17.9. The minimum Gasteiger partial charge on any atom is -0.399 e. The number of hydrogen-bond donors (Lipinski definition) is 2. The van der Waals surface area contributed by atoms with Gasteiger partial charge in [-0.15, -0.1) is 5.10 Å². The number of anilines is 2. The van der Waals surface area contributed by atoms with Crippen LogP contribution in [0.15, 0.2) is 70.4 Å². The fourth-order valence-electron chi connectivity index (χ4n) is 3.78. The number of benzene rings is 2. The lowest BCUT2D eigenvalue weighted by Gasteiger charge is -2.28. The Kier molecular flexibility index (Phi) is 4.57. The minimum absolute atomic E-state index is 0.281. The average Bonchev–Trinajstić information content (AvgIpc) is 2.63. The molecule has 4 heteroatoms. The van der Waals surface area contributed by atoms with Crippen molar-refractivity contribution in [2.24, 2.45) is 16.1 Å². The van der Waals surface area contributed by atoms with Gasteiger partial charge in [0.25, 0.3) is 0 Å². The van der Waals surface area contributed by atoms with Crippen molar-refractivity contribution in [3.63, 3.8) is 0 Å². The number of nitrogens with two attached hydrogens (primary N) is 2. The predicted molar refractivity (Wildman–Crippen MR) is 109 cm³/mol. The van der Waals surface area contributed by atoms with Crippen LogP contribution in [0.5, 0.6) is 0 Å². The largest absolute Gasteiger partial charge is 0.399 e. The fourth-order valence-corrected chi connectivity index (χ4v) is 3.78. The molecule has 0 bridgehead atoms. The summed E-state index contributed by atoms with van der Waals surface area (Å²) >= 11 is 0. The Bertz CT molecular complexity index is 873. The van der Waals surface area contributed by atoms with Gasteiger partial charge in [-0.05, 0) is 54.7 Å². The second-order valence-corrected chi connectivity index (χ2v) is 7.03. The van der Waals surface area contributed by atoms with Crippen molar-refractivity contribution < 1.29 is 0 Å². The second kappa shape index (κ2) is 7.16. The Hall–Kier alpha value is -2.88. The quantitative estimate of drug-likeness (QED) is 0.783. The molecule has 2 aromatic carbocycles. The first-order valence-corrected chi connectivity index (χ1v) is 9.30. The molecule has 0 amide bonds. The van der Waals surface area contributed by atoms with Crippen molar-refractivity contribution in [1.82, 2.24) is 0 Å². The van der Waals surface area contributed by atoms with Gasteiger partial charge in [-0.1, -0.05) is 43.2 Å². The van der Waals surface area contributed by atoms with E-state index in [2.05, 4.69) is 16.3 Å². The first-order chi connectivity index (χ1) is 12.7. The van der Waals surface area contributed by atoms with E-state index in [1.54, 1.807) is 0 Å². The van der Waals surface area contributed by atoms with Crippen LogP contribution in [-0.4, -0.2) is 11.4 Å². The molecule has 1 unspecified atom stereocenters. The molecule has 2 aliphatic rings. The van der Waals surface area contributed by atoms with Gasteiger partial charge in [0.15, 0.2) is 0 Å². The highest BCUT2D eigenvalue weighted by molar-refractivity contribution is 6.20. The van der Waals surface area contributed by atoms with E-state index in [4.69, 9.17) is 11.5 Å². The first-order valence-electron chi connectivity index (χ1n) is 9.30. The molecule has 4 N–H and O–H groups in total. The van der Waals surface area contributed by atoms with E-state index < -0.39 is 0 Å². The monoisotopic (exact) mass is 344 g/mol. The van der Waals surface area contributed by atoms with Crippen LogP contribution >= 0.6 is 0 Å². The van der Waals surface area contributed by atoms with Crippen LogP contribution in [0.3, 0.4) is 0 Å². The number of hydrogen-bond acceptors (Lipinski definition) is 4. The Morgan fingerprint density at radius 1 is 0.731 bits per heavy atom. The molecule has 0 radical (unpaired) electrons. The highest BCUT2D eigenvalue weighted by Crippen LogP contribution is 2.33. The summed E-state index contributed by atoms with van der Waals surface area (Å²) in [6, 6.07) is 15.9. The number of fused-ring (bicyclic) bond motifs is 1. The third-order valence-corrected chi connectivity index (χ3v) is 5.19. The lowest BCUT2D eigenvalue weighted by Crippen LogP contribution is -2.27. The zero-order valence-corrected chi connectivity index (χ0v) is 14.9. The van der Waals surface area contributed by atoms with Gasteiger partial charge >= 0.3 is 0 Å². The first kappa shape index (κ1) is 16.6. The number of allylic oxidation sites excluding steroid dienone is 2. The highest BCUT2D eigenvalue weighted by Gasteiger charge is 2.29. The summed E-state index contributed by atoms with van der Waals surface area (Å²) < 4.78 is 0. The maximum absolute atomic E-state index is 5.85. The van der Waals surface area contributed by atoms with Gasteiger partial charge in [0.2, 0.25) is 0 Å². The zero-order valence-electron chi connectivity index (χ0n) is 14.9. The van der Waals surface area contributed by atoms with Gasteiger partial charge in [-0.2, -0.15) is 5.10 Å². The van der Waals surface area contributed by atoms with Crippen LogP contribution in [0.1, 0.15) is 43.2 Å². The molecule has 132 valence electrons. The molecule has 4 nitrogen and oxygen atoms in total. The van der Waals surface area contributed by atoms with E-state index >= 15 is 0 Å². The Morgan fingerprint density at radius 3 is 2.08 bits per heavy atom. The third-order valence-electron chi connectivity index (χ3n) is 5.19. The summed E-state index contributed by atoms with van der Waals surface area (Å²) in [7, 11) is 0. The second-order valence-electron chi connectivity index (χ2n) is 7.03. The molecule has 0 spiro atoms. The van der Waals surface area contributed by atoms with Crippen molar-refractivity contribution >= 4 is 22.8 Å². The van der Waals surface area contributed by atoms with Crippen molar-refractivity contribution in [1.29, 1.82) is 0 Å². The molecule has 2 aromatic rings. The Labute approximate surface area is 154 Å². The molecule has 0 aromatic heterocycles. The Morgan fingerprint density at radius 2 is 1.38 bits per heavy atom. The average molecular weight is 344 g/mol. The van der Waals surface area contributed by atoms with Crippen molar-refractivity contribution in [3.05, 3.63) is 71.3 Å². The van der Waals surface area contributed by atoms with Crippen LogP contribution in [-0.2, 0) is 0 Å². The van der Waals surface area contributed by atoms with Crippen molar-refractivity contribution in [2.75, 3.05) is 11.5 Å². The third kappa shape index (κ3) is 3.27. The molecule has 26 heavy (non-hydrogen) atoms. The predicted octanol–water partition coefficient (Wildman–Crippen LogP) is 4.56. The summed E-state index contributed by atoms with van der Waals surface area (Å²) in [5.74, 6) is 0.281. The molecule has 1 aliphatic carbocycles. The topological polar surface area (TPSA) is 76.8 Å². The lowest BCUT2D eigenvalue weighted by atomic mass is 9.79. The number of nitrogen functional groups attached to an aromatic ring is 2. The normalized spacial score (nSPS) is 20.2. The van der Waals surface area contributed by atoms with Crippen molar-refractivity contribution in [2.45, 2.75) is 32.1 Å². The number of nitrogens with zero attached hydrogens (tertiary/aromatic N) is 2. The molecule has 0 fully saturated rings. The van der Waals surface area contributed by atoms with E-state index in [0.29, 0.717) is 0 Å². The van der Waals surface area contributed by atoms with E-state index in [-0.39, 0.29) is 5.92 Å². The molecule has 1 atom stereocenters. The van der Waals surface area contributed by atoms with E-state index in [1.807, 2.05) is 48.5 Å². The standard InChI is InChI=1S/C22H24N4/c23-17-11-7-15(8-12-17)21-19-5-3-1-2-4-6-20(19)22(26-25-21)16-9-13-18(24)14-10-16/h5,7-14,20H,1-4,6,23-24H2. The van der Waals surface area contributed by atoms with Gasteiger partial charge in [0, 0.05) is 22.9 Å². The molecule has 4 rings (SSSR count). The van der Waals surface area contributed by atoms with Gasteiger partial charge in [0.05, 0.1) is 11.4 Å². The molecule has 0 saturated carbocycles. The minimum atomic E-state index is 0.281. The maximum Gasteiger partial charge on any atom is 0.0964 e. The molecule has 1 aliphatic heterocycles. The molecular formula is C22H24N4. The molecule has 1 heterocycles. The maximum atomic E-state index is 5.85. The van der Waals surface area contributed by atoms with E-state index in [9.17, 15) is 0 Å². The van der Waals surface area contributed by atoms with Gasteiger partial charge in [-0.25, -0.2) is 0 Å². The van der Waals surface area contributed by atoms with Crippen LogP contribution in [0.4, 0.5) is 11.4 Å². The fraction of sp³-hybridized carbons (Fsp3) is 0.273. The van der Waals surface area contributed by atoms with Crippen molar-refractivity contribution in [3.8, 4) is 0 Å². The van der Waals surface area contributed by atoms with Crippen LogP contribution in [0.2, 0.25) is 0 Å². The van der Waals surface area contributed by atoms with Crippen LogP contribution in [0.25, 0.3) is 0 Å². The summed E-state index contributed by atoms with van der Waals surface area (Å²) in [6.45, 7) is 0. The van der Waals surface area contributed by atoms with Gasteiger partial charge in [0.1, 0.15) is 0 Å². The summed E-state index contributed by atoms with van der Waals surface area (Å²) in [5, 5.41) is 9.29. The summed E-state index contributed by atoms with van der Waals surface area (Å²) in [5.41, 5.74) is 18.8.